The van der Waals surface area contributed by atoms with E-state index in [-0.39, 0.29) is 30.0 Å². The molecule has 1 aliphatic carbocycles. The van der Waals surface area contributed by atoms with Gasteiger partial charge in [-0.1, -0.05) is 6.92 Å². The summed E-state index contributed by atoms with van der Waals surface area (Å²) in [6, 6.07) is 7.06. The Morgan fingerprint density at radius 3 is 2.48 bits per heavy atom. The molecule has 1 aliphatic heterocycles. The van der Waals surface area contributed by atoms with Gasteiger partial charge in [-0.3, -0.25) is 4.79 Å². The van der Waals surface area contributed by atoms with Crippen LogP contribution in [0.5, 0.6) is 0 Å². The van der Waals surface area contributed by atoms with Crippen molar-refractivity contribution >= 4 is 30.1 Å². The molecule has 140 valence electrons. The van der Waals surface area contributed by atoms with Gasteiger partial charge in [0.2, 0.25) is 5.91 Å². The van der Waals surface area contributed by atoms with Crippen molar-refractivity contribution in [3.63, 3.8) is 0 Å². The van der Waals surface area contributed by atoms with E-state index >= 15 is 0 Å². The van der Waals surface area contributed by atoms with Crippen LogP contribution in [0.1, 0.15) is 32.6 Å². The molecule has 1 saturated carbocycles. The van der Waals surface area contributed by atoms with Crippen molar-refractivity contribution in [1.82, 2.24) is 10.2 Å². The number of piperidine rings is 1. The lowest BCUT2D eigenvalue weighted by atomic mass is 10.0. The van der Waals surface area contributed by atoms with Gasteiger partial charge in [-0.15, -0.1) is 24.2 Å². The largest absolute Gasteiger partial charge is 0.342 e. The third kappa shape index (κ3) is 6.46. The predicted molar refractivity (Wildman–Crippen MR) is 104 cm³/mol. The van der Waals surface area contributed by atoms with E-state index in [2.05, 4.69) is 5.32 Å². The van der Waals surface area contributed by atoms with Crippen molar-refractivity contribution in [2.75, 3.05) is 25.4 Å². The number of amides is 1. The summed E-state index contributed by atoms with van der Waals surface area (Å²) in [5.74, 6) is 1.68. The highest BCUT2D eigenvalue weighted by molar-refractivity contribution is 7.99. The number of hydrogen-bond acceptors (Lipinski definition) is 3. The summed E-state index contributed by atoms with van der Waals surface area (Å²) in [5.41, 5.74) is 0. The number of nitrogens with one attached hydrogen (secondary N) is 1. The van der Waals surface area contributed by atoms with Gasteiger partial charge in [0.15, 0.2) is 0 Å². The van der Waals surface area contributed by atoms with Gasteiger partial charge >= 0.3 is 0 Å². The molecule has 3 rings (SSSR count). The Balaban J connectivity index is 0.00000225. The highest BCUT2D eigenvalue weighted by atomic mass is 35.5. The number of hydrogen-bond donors (Lipinski definition) is 1. The van der Waals surface area contributed by atoms with Crippen molar-refractivity contribution in [3.05, 3.63) is 30.1 Å². The van der Waals surface area contributed by atoms with E-state index in [0.717, 1.165) is 49.0 Å². The van der Waals surface area contributed by atoms with Gasteiger partial charge in [-0.25, -0.2) is 4.39 Å². The summed E-state index contributed by atoms with van der Waals surface area (Å²) >= 11 is 1.62. The topological polar surface area (TPSA) is 32.3 Å². The molecule has 1 saturated heterocycles. The fraction of sp³-hybridized carbons (Fsp3) is 0.632. The Labute approximate surface area is 160 Å². The summed E-state index contributed by atoms with van der Waals surface area (Å²) < 4.78 is 12.9. The van der Waals surface area contributed by atoms with E-state index in [4.69, 9.17) is 0 Å². The molecule has 0 radical (unpaired) electrons. The lowest BCUT2D eigenvalue weighted by molar-refractivity contribution is -0.135. The Morgan fingerprint density at radius 1 is 1.24 bits per heavy atom. The van der Waals surface area contributed by atoms with Crippen LogP contribution in [0, 0.1) is 17.7 Å². The minimum atomic E-state index is -0.221. The van der Waals surface area contributed by atoms with Crippen molar-refractivity contribution < 1.29 is 9.18 Å². The molecule has 0 spiro atoms. The van der Waals surface area contributed by atoms with Crippen LogP contribution in [0.25, 0.3) is 0 Å². The second kappa shape index (κ2) is 9.79. The second-order valence-corrected chi connectivity index (χ2v) is 8.21. The van der Waals surface area contributed by atoms with Crippen LogP contribution >= 0.6 is 24.2 Å². The third-order valence-corrected chi connectivity index (χ3v) is 6.21. The maximum Gasteiger partial charge on any atom is 0.226 e. The number of nitrogens with zero attached hydrogens (tertiary/aromatic N) is 1. The van der Waals surface area contributed by atoms with Crippen LogP contribution in [0.15, 0.2) is 29.2 Å². The summed E-state index contributed by atoms with van der Waals surface area (Å²) in [6.45, 7) is 4.89. The van der Waals surface area contributed by atoms with Gasteiger partial charge in [0.25, 0.3) is 0 Å². The van der Waals surface area contributed by atoms with Gasteiger partial charge in [-0.2, -0.15) is 0 Å². The predicted octanol–water partition coefficient (Wildman–Crippen LogP) is 3.97. The first kappa shape index (κ1) is 20.5. The molecule has 2 fully saturated rings. The van der Waals surface area contributed by atoms with Gasteiger partial charge in [0, 0.05) is 35.7 Å². The van der Waals surface area contributed by atoms with E-state index in [1.807, 2.05) is 11.8 Å². The first-order valence-electron chi connectivity index (χ1n) is 9.02. The molecule has 1 aromatic rings. The normalized spacial score (nSPS) is 19.4. The fourth-order valence-electron chi connectivity index (χ4n) is 3.09. The molecule has 2 aliphatic rings. The second-order valence-electron chi connectivity index (χ2n) is 7.12. The minimum absolute atomic E-state index is 0. The SMILES string of the molecule is CC(CSc1ccc(F)cc1)C(=O)N1CCC(NCC2CC2)CC1.Cl. The average molecular weight is 387 g/mol. The molecular weight excluding hydrogens is 359 g/mol. The first-order valence-corrected chi connectivity index (χ1v) is 10.0. The summed E-state index contributed by atoms with van der Waals surface area (Å²) in [6.07, 6.45) is 4.90. The zero-order chi connectivity index (χ0) is 16.9. The molecule has 1 aromatic carbocycles. The first-order chi connectivity index (χ1) is 11.6. The highest BCUT2D eigenvalue weighted by Gasteiger charge is 2.27. The fourth-order valence-corrected chi connectivity index (χ4v) is 4.01. The van der Waals surface area contributed by atoms with E-state index in [1.54, 1.807) is 23.9 Å². The van der Waals surface area contributed by atoms with Crippen LogP contribution in [-0.2, 0) is 4.79 Å². The number of carbonyl (C=O) groups excluding carboxylic acids is 1. The van der Waals surface area contributed by atoms with Gasteiger partial charge in [0.05, 0.1) is 0 Å². The summed E-state index contributed by atoms with van der Waals surface area (Å²) in [5, 5.41) is 3.65. The molecule has 1 unspecified atom stereocenters. The quantitative estimate of drug-likeness (QED) is 0.720. The molecular formula is C19H28ClFN2OS. The van der Waals surface area contributed by atoms with Crippen molar-refractivity contribution in [1.29, 1.82) is 0 Å². The zero-order valence-electron chi connectivity index (χ0n) is 14.7. The molecule has 3 nitrogen and oxygen atoms in total. The maximum absolute atomic E-state index is 12.9. The summed E-state index contributed by atoms with van der Waals surface area (Å²) in [7, 11) is 0. The lowest BCUT2D eigenvalue weighted by Gasteiger charge is -2.34. The van der Waals surface area contributed by atoms with E-state index in [0.29, 0.717) is 6.04 Å². The number of thioether (sulfide) groups is 1. The average Bonchev–Trinajstić information content (AvgIpc) is 3.43. The van der Waals surface area contributed by atoms with E-state index < -0.39 is 0 Å². The lowest BCUT2D eigenvalue weighted by Crippen LogP contribution is -2.47. The third-order valence-electron chi connectivity index (χ3n) is 4.93. The number of likely N-dealkylation sites (tertiary alicyclic amines) is 1. The maximum atomic E-state index is 12.9. The molecule has 0 aromatic heterocycles. The van der Waals surface area contributed by atoms with Crippen LogP contribution in [-0.4, -0.2) is 42.2 Å². The van der Waals surface area contributed by atoms with Crippen molar-refractivity contribution in [2.45, 2.75) is 43.5 Å². The smallest absolute Gasteiger partial charge is 0.226 e. The number of carbonyl (C=O) groups is 1. The number of benzene rings is 1. The van der Waals surface area contributed by atoms with E-state index in [1.165, 1.54) is 25.0 Å². The van der Waals surface area contributed by atoms with E-state index in [9.17, 15) is 9.18 Å². The zero-order valence-corrected chi connectivity index (χ0v) is 16.4. The standard InChI is InChI=1S/C19H27FN2OS.ClH/c1-14(13-24-18-6-4-16(20)5-7-18)19(23)22-10-8-17(9-11-22)21-12-15-2-3-15;/h4-7,14-15,17,21H,2-3,8-13H2,1H3;1H. The molecule has 0 bridgehead atoms. The Morgan fingerprint density at radius 2 is 1.88 bits per heavy atom. The van der Waals surface area contributed by atoms with Gasteiger partial charge in [-0.05, 0) is 62.4 Å². The molecule has 1 amide bonds. The van der Waals surface area contributed by atoms with Crippen molar-refractivity contribution in [3.8, 4) is 0 Å². The van der Waals surface area contributed by atoms with Crippen LogP contribution in [0.2, 0.25) is 0 Å². The summed E-state index contributed by atoms with van der Waals surface area (Å²) in [4.78, 5) is 15.6. The minimum Gasteiger partial charge on any atom is -0.342 e. The Hall–Kier alpha value is -0.780. The molecule has 1 atom stereocenters. The monoisotopic (exact) mass is 386 g/mol. The van der Waals surface area contributed by atoms with Gasteiger partial charge in [0.1, 0.15) is 5.82 Å². The number of rotatable bonds is 7. The Kier molecular flexibility index (Phi) is 8.04. The molecule has 1 N–H and O–H groups in total. The highest BCUT2D eigenvalue weighted by Crippen LogP contribution is 2.28. The molecule has 6 heteroatoms. The van der Waals surface area contributed by atoms with Crippen LogP contribution in [0.3, 0.4) is 0 Å². The molecule has 1 heterocycles. The molecule has 25 heavy (non-hydrogen) atoms. The van der Waals surface area contributed by atoms with Gasteiger partial charge < -0.3 is 10.2 Å². The van der Waals surface area contributed by atoms with Crippen molar-refractivity contribution in [2.24, 2.45) is 11.8 Å². The number of halogens is 2. The van der Waals surface area contributed by atoms with Crippen LogP contribution < -0.4 is 5.32 Å². The Bertz CT molecular complexity index is 545. The van der Waals surface area contributed by atoms with Crippen LogP contribution in [0.4, 0.5) is 4.39 Å².